The molecular formula is C15H30Cl2N4O2. The maximum Gasteiger partial charge on any atom is 0.239 e. The first-order valence-corrected chi connectivity index (χ1v) is 7.60. The van der Waals surface area contributed by atoms with E-state index in [1.807, 2.05) is 19.9 Å². The zero-order valence-corrected chi connectivity index (χ0v) is 15.5. The zero-order chi connectivity index (χ0) is 15.8. The molecule has 1 saturated heterocycles. The molecule has 0 saturated carbocycles. The Labute approximate surface area is 151 Å². The predicted octanol–water partition coefficient (Wildman–Crippen LogP) is 0.696. The van der Waals surface area contributed by atoms with Crippen LogP contribution in [0.5, 0.6) is 0 Å². The van der Waals surface area contributed by atoms with E-state index in [0.717, 1.165) is 32.5 Å². The molecule has 1 rings (SSSR count). The van der Waals surface area contributed by atoms with Crippen molar-refractivity contribution in [2.75, 3.05) is 26.2 Å². The molecule has 0 unspecified atom stereocenters. The lowest BCUT2D eigenvalue weighted by Gasteiger charge is -2.31. The van der Waals surface area contributed by atoms with E-state index in [2.05, 4.69) is 22.1 Å². The third-order valence-corrected chi connectivity index (χ3v) is 3.78. The van der Waals surface area contributed by atoms with Crippen molar-refractivity contribution in [2.45, 2.75) is 38.8 Å². The van der Waals surface area contributed by atoms with Gasteiger partial charge in [0.25, 0.3) is 0 Å². The molecule has 4 N–H and O–H groups in total. The van der Waals surface area contributed by atoms with Crippen LogP contribution in [0.25, 0.3) is 0 Å². The SMILES string of the molecule is C=CCN1CCC(NC(=O)CNC(=O)[C@@H](N)C(C)C)CC1.Cl.Cl. The number of nitrogens with two attached hydrogens (primary N) is 1. The first kappa shape index (κ1) is 24.4. The van der Waals surface area contributed by atoms with Crippen LogP contribution in [0.1, 0.15) is 26.7 Å². The summed E-state index contributed by atoms with van der Waals surface area (Å²) < 4.78 is 0. The number of hydrogen-bond acceptors (Lipinski definition) is 4. The number of likely N-dealkylation sites (tertiary alicyclic amines) is 1. The molecule has 8 heteroatoms. The maximum absolute atomic E-state index is 11.8. The monoisotopic (exact) mass is 368 g/mol. The molecule has 0 aromatic carbocycles. The minimum Gasteiger partial charge on any atom is -0.352 e. The Balaban J connectivity index is 0. The number of amides is 2. The fourth-order valence-electron chi connectivity index (χ4n) is 2.31. The van der Waals surface area contributed by atoms with Crippen LogP contribution in [-0.2, 0) is 9.59 Å². The van der Waals surface area contributed by atoms with Gasteiger partial charge in [-0.15, -0.1) is 31.4 Å². The number of carbonyl (C=O) groups is 2. The normalized spacial score (nSPS) is 16.7. The molecule has 0 aliphatic carbocycles. The molecule has 1 atom stereocenters. The smallest absolute Gasteiger partial charge is 0.239 e. The van der Waals surface area contributed by atoms with Crippen LogP contribution in [0.4, 0.5) is 0 Å². The standard InChI is InChI=1S/C15H28N4O2.2ClH/c1-4-7-19-8-5-12(6-9-19)18-13(20)10-17-15(21)14(16)11(2)3;;/h4,11-12,14H,1,5-10,16H2,2-3H3,(H,17,21)(H,18,20);2*1H/t14-;;/m0../s1. The van der Waals surface area contributed by atoms with Crippen molar-refractivity contribution in [1.82, 2.24) is 15.5 Å². The second kappa shape index (κ2) is 12.6. The van der Waals surface area contributed by atoms with Crippen LogP contribution in [0.15, 0.2) is 12.7 Å². The summed E-state index contributed by atoms with van der Waals surface area (Å²) in [6, 6.07) is -0.380. The Morgan fingerprint density at radius 2 is 1.87 bits per heavy atom. The summed E-state index contributed by atoms with van der Waals surface area (Å²) in [5.74, 6) is -0.371. The molecule has 1 aliphatic rings. The minimum atomic E-state index is -0.569. The van der Waals surface area contributed by atoms with Crippen LogP contribution in [-0.4, -0.2) is 55.0 Å². The lowest BCUT2D eigenvalue weighted by molar-refractivity contribution is -0.127. The topological polar surface area (TPSA) is 87.5 Å². The van der Waals surface area contributed by atoms with Gasteiger partial charge in [0.05, 0.1) is 12.6 Å². The van der Waals surface area contributed by atoms with Gasteiger partial charge in [-0.3, -0.25) is 14.5 Å². The van der Waals surface area contributed by atoms with Crippen LogP contribution < -0.4 is 16.4 Å². The number of nitrogens with zero attached hydrogens (tertiary/aromatic N) is 1. The van der Waals surface area contributed by atoms with E-state index in [1.165, 1.54) is 0 Å². The number of nitrogens with one attached hydrogen (secondary N) is 2. The number of rotatable bonds is 7. The highest BCUT2D eigenvalue weighted by atomic mass is 35.5. The second-order valence-corrected chi connectivity index (χ2v) is 5.92. The zero-order valence-electron chi connectivity index (χ0n) is 13.9. The molecule has 1 aliphatic heterocycles. The molecule has 6 nitrogen and oxygen atoms in total. The summed E-state index contributed by atoms with van der Waals surface area (Å²) in [7, 11) is 0. The Kier molecular flexibility index (Phi) is 13.4. The fourth-order valence-corrected chi connectivity index (χ4v) is 2.31. The van der Waals surface area contributed by atoms with E-state index in [9.17, 15) is 9.59 Å². The van der Waals surface area contributed by atoms with Crippen molar-refractivity contribution in [3.63, 3.8) is 0 Å². The van der Waals surface area contributed by atoms with E-state index in [4.69, 9.17) is 5.73 Å². The molecule has 1 heterocycles. The molecule has 0 spiro atoms. The molecule has 0 bridgehead atoms. The van der Waals surface area contributed by atoms with Crippen molar-refractivity contribution < 1.29 is 9.59 Å². The third kappa shape index (κ3) is 9.15. The van der Waals surface area contributed by atoms with Crippen LogP contribution >= 0.6 is 24.8 Å². The van der Waals surface area contributed by atoms with Crippen LogP contribution in [0.3, 0.4) is 0 Å². The highest BCUT2D eigenvalue weighted by molar-refractivity contribution is 5.87. The van der Waals surface area contributed by atoms with Gasteiger partial charge >= 0.3 is 0 Å². The fraction of sp³-hybridized carbons (Fsp3) is 0.733. The Bertz CT molecular complexity index is 372. The first-order chi connectivity index (χ1) is 9.93. The summed E-state index contributed by atoms with van der Waals surface area (Å²) in [5.41, 5.74) is 5.72. The minimum absolute atomic E-state index is 0. The molecule has 23 heavy (non-hydrogen) atoms. The summed E-state index contributed by atoms with van der Waals surface area (Å²) >= 11 is 0. The summed E-state index contributed by atoms with van der Waals surface area (Å²) in [4.78, 5) is 25.8. The van der Waals surface area contributed by atoms with Crippen molar-refractivity contribution in [2.24, 2.45) is 11.7 Å². The van der Waals surface area contributed by atoms with Crippen LogP contribution in [0.2, 0.25) is 0 Å². The molecule has 136 valence electrons. The van der Waals surface area contributed by atoms with E-state index >= 15 is 0 Å². The van der Waals surface area contributed by atoms with Gasteiger partial charge in [0, 0.05) is 25.7 Å². The van der Waals surface area contributed by atoms with Gasteiger partial charge in [-0.2, -0.15) is 0 Å². The largest absolute Gasteiger partial charge is 0.352 e. The lowest BCUT2D eigenvalue weighted by atomic mass is 10.0. The molecule has 0 radical (unpaired) electrons. The lowest BCUT2D eigenvalue weighted by Crippen LogP contribution is -2.50. The van der Waals surface area contributed by atoms with Crippen molar-refractivity contribution in [3.8, 4) is 0 Å². The van der Waals surface area contributed by atoms with Crippen molar-refractivity contribution in [1.29, 1.82) is 0 Å². The Hall–Kier alpha value is -0.820. The first-order valence-electron chi connectivity index (χ1n) is 7.60. The number of halogens is 2. The molecule has 2 amide bonds. The Morgan fingerprint density at radius 3 is 2.35 bits per heavy atom. The molecule has 1 fully saturated rings. The number of carbonyl (C=O) groups excluding carboxylic acids is 2. The van der Waals surface area contributed by atoms with Crippen LogP contribution in [0, 0.1) is 5.92 Å². The van der Waals surface area contributed by atoms with Gasteiger partial charge in [-0.1, -0.05) is 19.9 Å². The highest BCUT2D eigenvalue weighted by Crippen LogP contribution is 2.09. The van der Waals surface area contributed by atoms with Gasteiger partial charge in [-0.25, -0.2) is 0 Å². The quantitative estimate of drug-likeness (QED) is 0.577. The van der Waals surface area contributed by atoms with Gasteiger partial charge in [-0.05, 0) is 18.8 Å². The van der Waals surface area contributed by atoms with Gasteiger partial charge < -0.3 is 16.4 Å². The predicted molar refractivity (Wildman–Crippen MR) is 98.1 cm³/mol. The van der Waals surface area contributed by atoms with Gasteiger partial charge in [0.15, 0.2) is 0 Å². The third-order valence-electron chi connectivity index (χ3n) is 3.78. The van der Waals surface area contributed by atoms with E-state index in [-0.39, 0.29) is 55.1 Å². The highest BCUT2D eigenvalue weighted by Gasteiger charge is 2.21. The van der Waals surface area contributed by atoms with E-state index < -0.39 is 6.04 Å². The molecule has 0 aromatic rings. The number of hydrogen-bond donors (Lipinski definition) is 3. The van der Waals surface area contributed by atoms with Gasteiger partial charge in [0.1, 0.15) is 0 Å². The van der Waals surface area contributed by atoms with E-state index in [0.29, 0.717) is 0 Å². The molecule has 0 aromatic heterocycles. The average molecular weight is 369 g/mol. The van der Waals surface area contributed by atoms with E-state index in [1.54, 1.807) is 0 Å². The second-order valence-electron chi connectivity index (χ2n) is 5.92. The average Bonchev–Trinajstić information content (AvgIpc) is 2.46. The maximum atomic E-state index is 11.8. The molecular weight excluding hydrogens is 339 g/mol. The Morgan fingerprint density at radius 1 is 1.30 bits per heavy atom. The van der Waals surface area contributed by atoms with Crippen molar-refractivity contribution >= 4 is 36.6 Å². The van der Waals surface area contributed by atoms with Gasteiger partial charge in [0.2, 0.25) is 11.8 Å². The summed E-state index contributed by atoms with van der Waals surface area (Å²) in [6.07, 6.45) is 3.75. The number of piperidine rings is 1. The summed E-state index contributed by atoms with van der Waals surface area (Å²) in [5, 5.41) is 5.54. The summed E-state index contributed by atoms with van der Waals surface area (Å²) in [6.45, 7) is 10.3. The van der Waals surface area contributed by atoms with Crippen molar-refractivity contribution in [3.05, 3.63) is 12.7 Å².